The number of hydrogen-bond acceptors (Lipinski definition) is 9. The fraction of sp³-hybridized carbons (Fsp3) is 0.654. The van der Waals surface area contributed by atoms with Gasteiger partial charge in [0, 0.05) is 13.0 Å². The number of esters is 1. The molecule has 0 saturated carbocycles. The van der Waals surface area contributed by atoms with Crippen molar-refractivity contribution in [2.45, 2.75) is 70.4 Å². The Morgan fingerprint density at radius 3 is 2.32 bits per heavy atom. The molecule has 0 N–H and O–H groups in total. The molecule has 2 heterocycles. The van der Waals surface area contributed by atoms with Crippen molar-refractivity contribution < 1.29 is 42.6 Å². The average Bonchev–Trinajstić information content (AvgIpc) is 2.84. The highest BCUT2D eigenvalue weighted by molar-refractivity contribution is 6.74. The van der Waals surface area contributed by atoms with Crippen LogP contribution in [0.2, 0.25) is 18.1 Å². The minimum absolute atomic E-state index is 0.0201. The minimum atomic E-state index is -2.31. The summed E-state index contributed by atoms with van der Waals surface area (Å²) in [5.74, 6) is -4.26. The molecular weight excluding hydrogens is 512 g/mol. The number of imide groups is 1. The van der Waals surface area contributed by atoms with Crippen LogP contribution in [-0.4, -0.2) is 98.9 Å². The number of nitrogens with zero attached hydrogens (tertiary/aromatic N) is 2. The zero-order valence-electron chi connectivity index (χ0n) is 23.2. The van der Waals surface area contributed by atoms with Crippen molar-refractivity contribution in [3.8, 4) is 0 Å². The number of amides is 3. The van der Waals surface area contributed by atoms with Gasteiger partial charge < -0.3 is 18.6 Å². The summed E-state index contributed by atoms with van der Waals surface area (Å²) in [6.45, 7) is 19.0. The fourth-order valence-corrected chi connectivity index (χ4v) is 5.63. The summed E-state index contributed by atoms with van der Waals surface area (Å²) in [5, 5.41) is -0.144. The van der Waals surface area contributed by atoms with Crippen molar-refractivity contribution in [3.63, 3.8) is 0 Å². The highest BCUT2D eigenvalue weighted by Gasteiger charge is 2.57. The zero-order chi connectivity index (χ0) is 28.8. The van der Waals surface area contributed by atoms with Gasteiger partial charge in [0.1, 0.15) is 19.3 Å². The van der Waals surface area contributed by atoms with Crippen molar-refractivity contribution in [1.29, 1.82) is 0 Å². The van der Waals surface area contributed by atoms with Crippen LogP contribution in [0.3, 0.4) is 0 Å². The Bertz CT molecular complexity index is 959. The number of hydrogen-bond donors (Lipinski definition) is 0. The molecule has 4 atom stereocenters. The van der Waals surface area contributed by atoms with E-state index in [2.05, 4.69) is 33.9 Å². The van der Waals surface area contributed by atoms with E-state index in [1.807, 2.05) is 13.1 Å². The lowest BCUT2D eigenvalue weighted by atomic mass is 9.79. The van der Waals surface area contributed by atoms with Crippen LogP contribution in [0.1, 0.15) is 34.1 Å². The van der Waals surface area contributed by atoms with Crippen LogP contribution in [0.25, 0.3) is 0 Å². The number of ether oxygens (including phenoxy) is 3. The van der Waals surface area contributed by atoms with E-state index in [9.17, 15) is 24.0 Å². The van der Waals surface area contributed by atoms with Crippen LogP contribution < -0.4 is 0 Å². The van der Waals surface area contributed by atoms with E-state index in [1.54, 1.807) is 6.92 Å². The van der Waals surface area contributed by atoms with Crippen molar-refractivity contribution >= 4 is 38.0 Å². The van der Waals surface area contributed by atoms with E-state index in [0.717, 1.165) is 4.90 Å². The van der Waals surface area contributed by atoms with Gasteiger partial charge in [0.05, 0.1) is 31.3 Å². The van der Waals surface area contributed by atoms with E-state index < -0.39 is 62.1 Å². The molecule has 3 amide bonds. The molecule has 0 aromatic rings. The molecule has 2 saturated heterocycles. The molecule has 0 aromatic carbocycles. The molecule has 2 rings (SSSR count). The Morgan fingerprint density at radius 1 is 1.13 bits per heavy atom. The molecule has 212 valence electrons. The summed E-state index contributed by atoms with van der Waals surface area (Å²) in [6, 6.07) is -1.93. The summed E-state index contributed by atoms with van der Waals surface area (Å²) >= 11 is 0. The molecule has 2 fully saturated rings. The van der Waals surface area contributed by atoms with Crippen molar-refractivity contribution in [2.75, 3.05) is 33.0 Å². The smallest absolute Gasteiger partial charge is 0.410 e. The van der Waals surface area contributed by atoms with Gasteiger partial charge in [-0.3, -0.25) is 24.2 Å². The number of carbonyl (C=O) groups is 5. The third-order valence-electron chi connectivity index (χ3n) is 7.26. The number of likely N-dealkylation sites (tertiary alicyclic amines) is 1. The summed E-state index contributed by atoms with van der Waals surface area (Å²) < 4.78 is 21.8. The molecule has 0 bridgehead atoms. The third kappa shape index (κ3) is 6.97. The first-order chi connectivity index (χ1) is 17.7. The summed E-state index contributed by atoms with van der Waals surface area (Å²) in [7, 11) is -2.31. The molecule has 12 heteroatoms. The molecule has 2 aliphatic heterocycles. The summed E-state index contributed by atoms with van der Waals surface area (Å²) in [6.07, 6.45) is 1.11. The predicted octanol–water partition coefficient (Wildman–Crippen LogP) is 2.46. The molecule has 2 aliphatic rings. The van der Waals surface area contributed by atoms with E-state index in [1.165, 1.54) is 17.1 Å². The van der Waals surface area contributed by atoms with Gasteiger partial charge in [0.2, 0.25) is 5.91 Å². The van der Waals surface area contributed by atoms with Gasteiger partial charge >= 0.3 is 18.0 Å². The molecule has 11 nitrogen and oxygen atoms in total. The number of β-lactam (4-membered cyclic amide) rings is 1. The van der Waals surface area contributed by atoms with Gasteiger partial charge in [0.25, 0.3) is 0 Å². The lowest BCUT2D eigenvalue weighted by molar-refractivity contribution is -0.180. The molecule has 0 radical (unpaired) electrons. The second-order valence-corrected chi connectivity index (χ2v) is 15.7. The topological polar surface area (TPSA) is 129 Å². The standard InChI is InChI=1S/C26H40N2O9Si/c1-9-12-35-24(32)23(31)28-18(21(22(28)30)17(3)37-38(7,8)26(4,5)6)15-20(29)19-16-34-14-11-27(19)25(33)36-13-10-2/h9-10,17-19,21H,1-2,11-16H2,3-8H3/t17-,18-,19+,21-/m1/s1. The fourth-order valence-electron chi connectivity index (χ4n) is 4.20. The second-order valence-electron chi connectivity index (χ2n) is 10.9. The number of morpholine rings is 1. The highest BCUT2D eigenvalue weighted by Crippen LogP contribution is 2.41. The van der Waals surface area contributed by atoms with Gasteiger partial charge in [-0.2, -0.15) is 0 Å². The van der Waals surface area contributed by atoms with Crippen molar-refractivity contribution in [1.82, 2.24) is 9.80 Å². The Morgan fingerprint density at radius 2 is 1.74 bits per heavy atom. The number of rotatable bonds is 10. The maximum atomic E-state index is 13.5. The Hall–Kier alpha value is -2.83. The maximum Gasteiger partial charge on any atom is 0.410 e. The van der Waals surface area contributed by atoms with Gasteiger partial charge in [-0.1, -0.05) is 46.1 Å². The quantitative estimate of drug-likeness (QED) is 0.132. The second kappa shape index (κ2) is 12.8. The van der Waals surface area contributed by atoms with Crippen LogP contribution in [0, 0.1) is 5.92 Å². The monoisotopic (exact) mass is 552 g/mol. The molecule has 0 unspecified atom stereocenters. The van der Waals surface area contributed by atoms with Gasteiger partial charge in [0.15, 0.2) is 14.1 Å². The molecule has 0 aliphatic carbocycles. The number of carbonyl (C=O) groups excluding carboxylic acids is 5. The third-order valence-corrected chi connectivity index (χ3v) is 11.8. The average molecular weight is 553 g/mol. The van der Waals surface area contributed by atoms with Crippen LogP contribution in [0.15, 0.2) is 25.3 Å². The molecule has 0 aromatic heterocycles. The summed E-state index contributed by atoms with van der Waals surface area (Å²) in [5.41, 5.74) is 0. The zero-order valence-corrected chi connectivity index (χ0v) is 24.2. The Kier molecular flexibility index (Phi) is 10.6. The lowest BCUT2D eigenvalue weighted by Crippen LogP contribution is -2.69. The first kappa shape index (κ1) is 31.4. The van der Waals surface area contributed by atoms with Gasteiger partial charge in [-0.05, 0) is 25.1 Å². The Labute approximate surface area is 225 Å². The van der Waals surface area contributed by atoms with E-state index in [-0.39, 0.29) is 44.4 Å². The molecule has 0 spiro atoms. The highest BCUT2D eigenvalue weighted by atomic mass is 28.4. The maximum absolute atomic E-state index is 13.5. The first-order valence-corrected chi connectivity index (χ1v) is 15.6. The molecular formula is C26H40N2O9Si. The van der Waals surface area contributed by atoms with Crippen LogP contribution in [-0.2, 0) is 37.8 Å². The number of Topliss-reactive ketones (excluding diaryl/α,β-unsaturated/α-hetero) is 1. The SMILES string of the molecule is C=CCOC(=O)C(=O)N1C(=O)[C@H]([C@@H](C)O[Si](C)(C)C(C)(C)C)[C@H]1CC(=O)[C@@H]1COCCN1C(=O)OCC=C. The van der Waals surface area contributed by atoms with Crippen LogP contribution in [0.5, 0.6) is 0 Å². The van der Waals surface area contributed by atoms with Crippen molar-refractivity contribution in [2.24, 2.45) is 5.92 Å². The first-order valence-electron chi connectivity index (χ1n) is 12.7. The normalized spacial score (nSPS) is 22.7. The molecule has 38 heavy (non-hydrogen) atoms. The van der Waals surface area contributed by atoms with E-state index >= 15 is 0 Å². The van der Waals surface area contributed by atoms with Crippen LogP contribution in [0.4, 0.5) is 4.79 Å². The lowest BCUT2D eigenvalue weighted by Gasteiger charge is -2.50. The van der Waals surface area contributed by atoms with Gasteiger partial charge in [-0.25, -0.2) is 9.59 Å². The van der Waals surface area contributed by atoms with Crippen molar-refractivity contribution in [3.05, 3.63) is 25.3 Å². The van der Waals surface area contributed by atoms with Gasteiger partial charge in [-0.15, -0.1) is 0 Å². The van der Waals surface area contributed by atoms with E-state index in [0.29, 0.717) is 0 Å². The van der Waals surface area contributed by atoms with E-state index in [4.69, 9.17) is 18.6 Å². The largest absolute Gasteiger partial charge is 0.454 e. The summed E-state index contributed by atoms with van der Waals surface area (Å²) in [4.78, 5) is 66.3. The predicted molar refractivity (Wildman–Crippen MR) is 141 cm³/mol. The minimum Gasteiger partial charge on any atom is -0.454 e. The number of ketones is 1. The Balaban J connectivity index is 2.31. The van der Waals surface area contributed by atoms with Crippen LogP contribution >= 0.6 is 0 Å².